The third-order valence-electron chi connectivity index (χ3n) is 6.00. The van der Waals surface area contributed by atoms with Crippen molar-refractivity contribution in [2.75, 3.05) is 26.9 Å². The summed E-state index contributed by atoms with van der Waals surface area (Å²) in [5, 5.41) is 16.4. The van der Waals surface area contributed by atoms with E-state index < -0.39 is 0 Å². The SMILES string of the molecule is C/C=C(/C=C(/CCC1NN=C/C1=C/C)NC=O)\C=C(/C)CN.CC.CPC.Cc1csc(C/C=N\N(C)Cc2ccccc2)n1. The Morgan fingerprint density at radius 2 is 1.89 bits per heavy atom. The molecule has 1 aliphatic heterocycles. The Morgan fingerprint density at radius 3 is 2.44 bits per heavy atom. The first-order chi connectivity index (χ1) is 21.8. The number of thiazole rings is 1. The van der Waals surface area contributed by atoms with E-state index in [1.165, 1.54) is 11.1 Å². The fourth-order valence-electron chi connectivity index (χ4n) is 3.83. The Bertz CT molecular complexity index is 1250. The molecule has 8 nitrogen and oxygen atoms in total. The van der Waals surface area contributed by atoms with E-state index in [-0.39, 0.29) is 6.04 Å². The summed E-state index contributed by atoms with van der Waals surface area (Å²) in [7, 11) is 3.07. The molecular formula is C35H56N7OPS. The number of nitrogens with zero attached hydrogens (tertiary/aromatic N) is 4. The minimum Gasteiger partial charge on any atom is -0.332 e. The van der Waals surface area contributed by atoms with Crippen LogP contribution in [0.5, 0.6) is 0 Å². The van der Waals surface area contributed by atoms with Crippen molar-refractivity contribution in [2.45, 2.75) is 73.4 Å². The summed E-state index contributed by atoms with van der Waals surface area (Å²) in [5.74, 6) is 0. The van der Waals surface area contributed by atoms with Crippen LogP contribution in [-0.4, -0.2) is 61.8 Å². The van der Waals surface area contributed by atoms with Gasteiger partial charge < -0.3 is 16.5 Å². The number of aryl methyl sites for hydroxylation is 1. The molecule has 1 aromatic heterocycles. The van der Waals surface area contributed by atoms with E-state index in [1.807, 2.05) is 102 Å². The molecule has 1 unspecified atom stereocenters. The molecule has 0 fully saturated rings. The van der Waals surface area contributed by atoms with Gasteiger partial charge in [0.25, 0.3) is 0 Å². The molecule has 10 heteroatoms. The highest BCUT2D eigenvalue weighted by Gasteiger charge is 2.16. The highest BCUT2D eigenvalue weighted by molar-refractivity contribution is 7.35. The number of hydrazone groups is 2. The van der Waals surface area contributed by atoms with Gasteiger partial charge in [-0.25, -0.2) is 4.98 Å². The smallest absolute Gasteiger partial charge is 0.211 e. The summed E-state index contributed by atoms with van der Waals surface area (Å²) in [4.78, 5) is 15.2. The van der Waals surface area contributed by atoms with Crippen LogP contribution in [0.1, 0.15) is 63.7 Å². The number of allylic oxidation sites excluding steroid dienone is 6. The van der Waals surface area contributed by atoms with Crippen LogP contribution in [-0.2, 0) is 17.8 Å². The molecule has 0 spiro atoms. The van der Waals surface area contributed by atoms with Gasteiger partial charge in [-0.15, -0.1) is 19.9 Å². The van der Waals surface area contributed by atoms with Crippen LogP contribution in [0.25, 0.3) is 0 Å². The normalized spacial score (nSPS) is 15.3. The molecule has 1 aromatic carbocycles. The van der Waals surface area contributed by atoms with Crippen molar-refractivity contribution in [1.82, 2.24) is 20.7 Å². The highest BCUT2D eigenvalue weighted by Crippen LogP contribution is 2.16. The lowest BCUT2D eigenvalue weighted by atomic mass is 10.0. The summed E-state index contributed by atoms with van der Waals surface area (Å²) in [6.45, 7) is 17.6. The molecule has 1 aliphatic rings. The summed E-state index contributed by atoms with van der Waals surface area (Å²) < 4.78 is 0. The molecule has 0 saturated carbocycles. The highest BCUT2D eigenvalue weighted by atomic mass is 32.1. The number of hydrogen-bond donors (Lipinski definition) is 3. The van der Waals surface area contributed by atoms with E-state index in [1.54, 1.807) is 11.3 Å². The van der Waals surface area contributed by atoms with Crippen LogP contribution >= 0.6 is 19.9 Å². The third kappa shape index (κ3) is 19.6. The van der Waals surface area contributed by atoms with E-state index in [2.05, 4.69) is 62.8 Å². The second-order valence-corrected chi connectivity index (χ2v) is 11.8. The first-order valence-electron chi connectivity index (χ1n) is 15.5. The molecular weight excluding hydrogens is 597 g/mol. The molecule has 2 aromatic rings. The second kappa shape index (κ2) is 27.0. The van der Waals surface area contributed by atoms with Crippen molar-refractivity contribution >= 4 is 38.8 Å². The molecule has 4 N–H and O–H groups in total. The summed E-state index contributed by atoms with van der Waals surface area (Å²) >= 11 is 1.68. The van der Waals surface area contributed by atoms with Crippen molar-refractivity contribution in [3.63, 3.8) is 0 Å². The summed E-state index contributed by atoms with van der Waals surface area (Å²) in [5.41, 5.74) is 15.2. The zero-order chi connectivity index (χ0) is 33.9. The lowest BCUT2D eigenvalue weighted by Gasteiger charge is -2.13. The van der Waals surface area contributed by atoms with Gasteiger partial charge in [-0.1, -0.05) is 68.0 Å². The molecule has 0 bridgehead atoms. The Labute approximate surface area is 278 Å². The van der Waals surface area contributed by atoms with Gasteiger partial charge in [0.05, 0.1) is 23.8 Å². The van der Waals surface area contributed by atoms with Gasteiger partial charge in [0, 0.05) is 43.0 Å². The van der Waals surface area contributed by atoms with Crippen molar-refractivity contribution in [3.8, 4) is 0 Å². The van der Waals surface area contributed by atoms with Gasteiger partial charge in [-0.3, -0.25) is 9.80 Å². The number of amides is 1. The molecule has 1 amide bonds. The van der Waals surface area contributed by atoms with Gasteiger partial charge in [-0.05, 0) is 76.7 Å². The summed E-state index contributed by atoms with van der Waals surface area (Å²) in [6.07, 6.45) is 15.0. The average molecular weight is 654 g/mol. The van der Waals surface area contributed by atoms with E-state index in [0.29, 0.717) is 13.0 Å². The summed E-state index contributed by atoms with van der Waals surface area (Å²) in [6, 6.07) is 10.5. The fourth-order valence-corrected chi connectivity index (χ4v) is 4.56. The minimum absolute atomic E-state index is 0.206. The molecule has 0 saturated heterocycles. The number of hydrogen-bond acceptors (Lipinski definition) is 8. The third-order valence-corrected chi connectivity index (χ3v) is 6.99. The zero-order valence-corrected chi connectivity index (χ0v) is 30.6. The lowest BCUT2D eigenvalue weighted by Crippen LogP contribution is -2.22. The van der Waals surface area contributed by atoms with Crippen LogP contribution in [0.4, 0.5) is 0 Å². The lowest BCUT2D eigenvalue weighted by molar-refractivity contribution is -0.109. The molecule has 45 heavy (non-hydrogen) atoms. The van der Waals surface area contributed by atoms with Crippen LogP contribution in [0.2, 0.25) is 0 Å². The number of rotatable bonds is 13. The van der Waals surface area contributed by atoms with Crippen LogP contribution in [0.15, 0.2) is 92.6 Å². The quantitative estimate of drug-likeness (QED) is 0.0696. The standard InChI is InChI=1S/C17H26N4O.C14H17N3S.C2H7P.C2H6/c1-4-14(8-13(3)10-18)9-16(19-12-22)6-7-17-15(5-2)11-20-21-17;1-12-11-18-14(16-12)8-9-15-17(2)10-13-6-4-3-5-7-13;1-3-2;1-2/h4-5,8-9,11-12,17,21H,6-7,10,18H2,1-3H3,(H,19,22);3-7,9,11H,8,10H2,1-2H3;3H,1-2H3;1-2H3/b13-8+,14-4+,15-5-,16-9-;15-9-;;. The molecule has 1 atom stereocenters. The topological polar surface area (TPSA) is 108 Å². The van der Waals surface area contributed by atoms with Gasteiger partial charge >= 0.3 is 0 Å². The van der Waals surface area contributed by atoms with Crippen LogP contribution in [0, 0.1) is 6.92 Å². The monoisotopic (exact) mass is 653 g/mol. The number of nitrogens with one attached hydrogen (secondary N) is 2. The predicted octanol–water partition coefficient (Wildman–Crippen LogP) is 7.21. The van der Waals surface area contributed by atoms with Gasteiger partial charge in [0.1, 0.15) is 0 Å². The van der Waals surface area contributed by atoms with Crippen LogP contribution in [0.3, 0.4) is 0 Å². The average Bonchev–Trinajstić information content (AvgIpc) is 3.69. The maximum Gasteiger partial charge on any atom is 0.211 e. The second-order valence-electron chi connectivity index (χ2n) is 9.87. The van der Waals surface area contributed by atoms with Crippen molar-refractivity contribution < 1.29 is 4.79 Å². The van der Waals surface area contributed by atoms with E-state index in [4.69, 9.17) is 5.73 Å². The van der Waals surface area contributed by atoms with Crippen molar-refractivity contribution in [3.05, 3.63) is 98.7 Å². The van der Waals surface area contributed by atoms with Crippen molar-refractivity contribution in [1.29, 1.82) is 0 Å². The van der Waals surface area contributed by atoms with Crippen LogP contribution < -0.4 is 16.5 Å². The molecule has 2 heterocycles. The van der Waals surface area contributed by atoms with E-state index >= 15 is 0 Å². The number of carbonyl (C=O) groups is 1. The number of benzene rings is 1. The van der Waals surface area contributed by atoms with Gasteiger partial charge in [0.2, 0.25) is 6.41 Å². The number of carbonyl (C=O) groups excluding carboxylic acids is 1. The maximum absolute atomic E-state index is 10.8. The minimum atomic E-state index is 0.206. The van der Waals surface area contributed by atoms with Crippen molar-refractivity contribution in [2.24, 2.45) is 15.9 Å². The Balaban J connectivity index is 0.000000762. The molecule has 0 radical (unpaired) electrons. The molecule has 248 valence electrons. The maximum atomic E-state index is 10.8. The Hall–Kier alpha value is -3.39. The van der Waals surface area contributed by atoms with E-state index in [0.717, 1.165) is 61.9 Å². The zero-order valence-electron chi connectivity index (χ0n) is 28.8. The Kier molecular flexibility index (Phi) is 24.9. The molecule has 0 aliphatic carbocycles. The number of nitrogens with two attached hydrogens (primary N) is 1. The largest absolute Gasteiger partial charge is 0.332 e. The van der Waals surface area contributed by atoms with Gasteiger partial charge in [-0.2, -0.15) is 10.2 Å². The first kappa shape index (κ1) is 41.6. The van der Waals surface area contributed by atoms with E-state index in [9.17, 15) is 4.79 Å². The first-order valence-corrected chi connectivity index (χ1v) is 18.3. The fraction of sp³-hybridized carbons (Fsp3) is 0.429. The van der Waals surface area contributed by atoms with Gasteiger partial charge in [0.15, 0.2) is 0 Å². The number of aromatic nitrogens is 1. The predicted molar refractivity (Wildman–Crippen MR) is 201 cm³/mol. The molecule has 3 rings (SSSR count). The Morgan fingerprint density at radius 1 is 1.20 bits per heavy atom.